The summed E-state index contributed by atoms with van der Waals surface area (Å²) in [6.45, 7) is 11.8. The number of fused-ring (bicyclic) bond motifs is 1. The molecule has 4 heterocycles. The SMILES string of the molecule is CCCCCCCCCCCCOc1ccc(S(=O)(=O)c2cnc3ccc([S+](C)[O-])cc3c2N2CCC(N3CCC(N4CCN(CCO)CC4)CC3)CC2)cc1. The van der Waals surface area contributed by atoms with E-state index < -0.39 is 21.0 Å². The number of benzene rings is 2. The fraction of sp³-hybridized carbons (Fsp3) is 0.659. The van der Waals surface area contributed by atoms with Crippen molar-refractivity contribution in [2.24, 2.45) is 0 Å². The van der Waals surface area contributed by atoms with Crippen molar-refractivity contribution in [3.8, 4) is 5.75 Å². The number of piperidine rings is 2. The van der Waals surface area contributed by atoms with Crippen LogP contribution in [0.4, 0.5) is 5.69 Å². The molecule has 0 amide bonds. The summed E-state index contributed by atoms with van der Waals surface area (Å²) in [5.74, 6) is 0.679. The first-order chi connectivity index (χ1) is 27.3. The van der Waals surface area contributed by atoms with Crippen LogP contribution >= 0.6 is 0 Å². The normalized spacial score (nSPS) is 19.2. The number of unbranched alkanes of at least 4 members (excludes halogenated alkanes) is 9. The summed E-state index contributed by atoms with van der Waals surface area (Å²) in [6.07, 6.45) is 20.1. The maximum Gasteiger partial charge on any atom is 0.210 e. The number of hydrogen-bond acceptors (Lipinski definition) is 10. The van der Waals surface area contributed by atoms with Crippen molar-refractivity contribution >= 4 is 37.6 Å². The topological polar surface area (TPSA) is 113 Å². The highest BCUT2D eigenvalue weighted by atomic mass is 32.2. The fourth-order valence-electron chi connectivity index (χ4n) is 9.03. The molecule has 3 aromatic rings. The Balaban J connectivity index is 1.07. The summed E-state index contributed by atoms with van der Waals surface area (Å²) in [7, 11) is -3.93. The van der Waals surface area contributed by atoms with Gasteiger partial charge in [0.25, 0.3) is 0 Å². The summed E-state index contributed by atoms with van der Waals surface area (Å²) in [4.78, 5) is 15.6. The largest absolute Gasteiger partial charge is 0.612 e. The maximum atomic E-state index is 14.5. The zero-order chi connectivity index (χ0) is 39.3. The number of ether oxygens (including phenoxy) is 1. The van der Waals surface area contributed by atoms with Gasteiger partial charge in [-0.05, 0) is 92.8 Å². The Labute approximate surface area is 340 Å². The molecule has 1 N–H and O–H groups in total. The van der Waals surface area contributed by atoms with Gasteiger partial charge in [0.05, 0.1) is 29.3 Å². The molecule has 1 atom stereocenters. The van der Waals surface area contributed by atoms with Gasteiger partial charge in [-0.15, -0.1) is 0 Å². The van der Waals surface area contributed by atoms with Gasteiger partial charge in [-0.3, -0.25) is 14.8 Å². The molecular formula is C44H67N5O5S2. The van der Waals surface area contributed by atoms with Crippen LogP contribution in [0.25, 0.3) is 10.9 Å². The molecule has 3 saturated heterocycles. The minimum Gasteiger partial charge on any atom is -0.612 e. The van der Waals surface area contributed by atoms with Gasteiger partial charge in [0, 0.05) is 75.5 Å². The number of likely N-dealkylation sites (tertiary alicyclic amines) is 1. The lowest BCUT2D eigenvalue weighted by Gasteiger charge is -2.46. The minimum atomic E-state index is -3.93. The van der Waals surface area contributed by atoms with E-state index in [0.717, 1.165) is 90.0 Å². The first-order valence-electron chi connectivity index (χ1n) is 21.6. The molecule has 3 fully saturated rings. The second-order valence-electron chi connectivity index (χ2n) is 16.2. The van der Waals surface area contributed by atoms with Gasteiger partial charge in [-0.1, -0.05) is 64.7 Å². The Bertz CT molecular complexity index is 1740. The van der Waals surface area contributed by atoms with E-state index >= 15 is 0 Å². The summed E-state index contributed by atoms with van der Waals surface area (Å²) in [5, 5.41) is 10.0. The Morgan fingerprint density at radius 3 is 1.98 bits per heavy atom. The molecule has 0 bridgehead atoms. The fourth-order valence-corrected chi connectivity index (χ4v) is 11.0. The molecule has 3 aliphatic rings. The van der Waals surface area contributed by atoms with Gasteiger partial charge < -0.3 is 24.2 Å². The van der Waals surface area contributed by atoms with Crippen LogP contribution in [0.3, 0.4) is 0 Å². The van der Waals surface area contributed by atoms with Crippen LogP contribution in [0, 0.1) is 0 Å². The van der Waals surface area contributed by atoms with Crippen molar-refractivity contribution in [3.63, 3.8) is 0 Å². The standard InChI is InChI=1S/C44H67N5O5S2/c1-3-4-5-6-7-8-9-10-11-12-33-54-38-13-16-40(17-14-38)56(52,53)43-35-45-42-18-15-39(55(2)51)34-41(42)44(43)49-25-21-36(22-26-49)47-23-19-37(20-24-47)48-29-27-46(28-30-48)31-32-50/h13-18,34-37,50H,3-12,19-33H2,1-2H3. The Morgan fingerprint density at radius 2 is 1.38 bits per heavy atom. The van der Waals surface area contributed by atoms with Crippen molar-refractivity contribution in [1.29, 1.82) is 0 Å². The Kier molecular flexibility index (Phi) is 16.6. The number of sulfone groups is 1. The second-order valence-corrected chi connectivity index (χ2v) is 19.5. The molecule has 6 rings (SSSR count). The molecule has 1 aromatic heterocycles. The van der Waals surface area contributed by atoms with Crippen molar-refractivity contribution < 1.29 is 22.8 Å². The quantitative estimate of drug-likeness (QED) is 0.0934. The minimum absolute atomic E-state index is 0.196. The average molecular weight is 810 g/mol. The number of piperazine rings is 1. The lowest BCUT2D eigenvalue weighted by Crippen LogP contribution is -2.55. The molecular weight excluding hydrogens is 743 g/mol. The highest BCUT2D eigenvalue weighted by Crippen LogP contribution is 2.39. The van der Waals surface area contributed by atoms with Gasteiger partial charge in [-0.2, -0.15) is 0 Å². The lowest BCUT2D eigenvalue weighted by molar-refractivity contribution is 0.0396. The van der Waals surface area contributed by atoms with E-state index in [0.29, 0.717) is 40.5 Å². The third-order valence-corrected chi connectivity index (χ3v) is 15.1. The molecule has 0 radical (unpaired) electrons. The third-order valence-electron chi connectivity index (χ3n) is 12.4. The van der Waals surface area contributed by atoms with E-state index in [1.54, 1.807) is 30.5 Å². The van der Waals surface area contributed by atoms with Crippen LogP contribution in [0.1, 0.15) is 96.8 Å². The number of aromatic nitrogens is 1. The van der Waals surface area contributed by atoms with Crippen molar-refractivity contribution in [2.45, 2.75) is 124 Å². The van der Waals surface area contributed by atoms with Gasteiger partial charge in [0.15, 0.2) is 4.90 Å². The number of pyridine rings is 1. The predicted molar refractivity (Wildman–Crippen MR) is 228 cm³/mol. The van der Waals surface area contributed by atoms with Crippen molar-refractivity contribution in [3.05, 3.63) is 48.7 Å². The first kappa shape index (κ1) is 43.1. The zero-order valence-electron chi connectivity index (χ0n) is 34.1. The van der Waals surface area contributed by atoms with Crippen molar-refractivity contribution in [2.75, 3.05) is 83.3 Å². The van der Waals surface area contributed by atoms with Crippen LogP contribution in [0.15, 0.2) is 63.3 Å². The predicted octanol–water partition coefficient (Wildman–Crippen LogP) is 7.15. The molecule has 0 aliphatic carbocycles. The molecule has 2 aromatic carbocycles. The summed E-state index contributed by atoms with van der Waals surface area (Å²) in [6, 6.07) is 13.5. The molecule has 56 heavy (non-hydrogen) atoms. The van der Waals surface area contributed by atoms with E-state index in [1.807, 2.05) is 18.2 Å². The van der Waals surface area contributed by atoms with Crippen LogP contribution in [-0.2, 0) is 21.0 Å². The number of anilines is 1. The van der Waals surface area contributed by atoms with E-state index in [1.165, 1.54) is 70.4 Å². The first-order valence-corrected chi connectivity index (χ1v) is 24.6. The average Bonchev–Trinajstić information content (AvgIpc) is 3.23. The highest BCUT2D eigenvalue weighted by Gasteiger charge is 2.34. The van der Waals surface area contributed by atoms with Crippen LogP contribution in [0.5, 0.6) is 5.75 Å². The highest BCUT2D eigenvalue weighted by molar-refractivity contribution is 7.91. The number of hydrogen-bond donors (Lipinski definition) is 1. The smallest absolute Gasteiger partial charge is 0.210 e. The zero-order valence-corrected chi connectivity index (χ0v) is 35.7. The van der Waals surface area contributed by atoms with E-state index in [9.17, 15) is 18.1 Å². The second kappa shape index (κ2) is 21.5. The lowest BCUT2D eigenvalue weighted by atomic mass is 9.96. The van der Waals surface area contributed by atoms with Crippen LogP contribution in [0.2, 0.25) is 0 Å². The maximum absolute atomic E-state index is 14.5. The monoisotopic (exact) mass is 809 g/mol. The number of rotatable bonds is 20. The Morgan fingerprint density at radius 1 is 0.786 bits per heavy atom. The van der Waals surface area contributed by atoms with Crippen molar-refractivity contribution in [1.82, 2.24) is 19.7 Å². The van der Waals surface area contributed by atoms with Gasteiger partial charge in [-0.25, -0.2) is 8.42 Å². The van der Waals surface area contributed by atoms with Gasteiger partial charge in [0.2, 0.25) is 9.84 Å². The number of aliphatic hydroxyl groups is 1. The molecule has 12 heteroatoms. The molecule has 3 aliphatic heterocycles. The van der Waals surface area contributed by atoms with E-state index in [-0.39, 0.29) is 16.4 Å². The van der Waals surface area contributed by atoms with E-state index in [4.69, 9.17) is 4.74 Å². The number of β-amino-alcohol motifs (C(OH)–C–C–N with tert-alkyl or cyclic N) is 1. The molecule has 0 saturated carbocycles. The molecule has 1 unspecified atom stereocenters. The van der Waals surface area contributed by atoms with E-state index in [2.05, 4.69) is 31.5 Å². The number of nitrogens with zero attached hydrogens (tertiary/aromatic N) is 5. The molecule has 310 valence electrons. The van der Waals surface area contributed by atoms with Crippen LogP contribution < -0.4 is 9.64 Å². The molecule has 0 spiro atoms. The third kappa shape index (κ3) is 11.4. The number of aliphatic hydroxyl groups excluding tert-OH is 1. The van der Waals surface area contributed by atoms with Gasteiger partial charge >= 0.3 is 0 Å². The van der Waals surface area contributed by atoms with Gasteiger partial charge in [0.1, 0.15) is 16.9 Å². The Hall–Kier alpha value is -2.45. The van der Waals surface area contributed by atoms with Crippen LogP contribution in [-0.4, -0.2) is 128 Å². The molecule has 10 nitrogen and oxygen atoms in total. The summed E-state index contributed by atoms with van der Waals surface area (Å²) >= 11 is -1.22. The summed E-state index contributed by atoms with van der Waals surface area (Å²) < 4.78 is 47.5. The summed E-state index contributed by atoms with van der Waals surface area (Å²) in [5.41, 5.74) is 1.37.